The van der Waals surface area contributed by atoms with Crippen molar-refractivity contribution in [3.8, 4) is 0 Å². The number of hydrogen-bond donors (Lipinski definition) is 2. The monoisotopic (exact) mass is 301 g/mol. The van der Waals surface area contributed by atoms with Crippen molar-refractivity contribution < 1.29 is 18.0 Å². The number of nitrogens with two attached hydrogens (primary N) is 1. The third-order valence-electron chi connectivity index (χ3n) is 3.80. The van der Waals surface area contributed by atoms with Crippen LogP contribution in [0.15, 0.2) is 18.2 Å². The van der Waals surface area contributed by atoms with Crippen LogP contribution < -0.4 is 11.3 Å². The molecule has 3 N–H and O–H groups in total. The van der Waals surface area contributed by atoms with Crippen molar-refractivity contribution in [1.29, 1.82) is 0 Å². The fourth-order valence-corrected chi connectivity index (χ4v) is 2.41. The van der Waals surface area contributed by atoms with E-state index in [-0.39, 0.29) is 11.3 Å². The average Bonchev–Trinajstić information content (AvgIpc) is 2.45. The first-order chi connectivity index (χ1) is 9.82. The molecule has 7 heteroatoms. The van der Waals surface area contributed by atoms with Crippen molar-refractivity contribution in [2.75, 3.05) is 18.5 Å². The van der Waals surface area contributed by atoms with Gasteiger partial charge < -0.3 is 10.3 Å². The molecule has 1 saturated heterocycles. The smallest absolute Gasteiger partial charge is 0.339 e. The van der Waals surface area contributed by atoms with Crippen LogP contribution in [-0.2, 0) is 6.18 Å². The molecule has 0 radical (unpaired) electrons. The van der Waals surface area contributed by atoms with Crippen LogP contribution in [0.1, 0.15) is 35.7 Å². The minimum Gasteiger partial charge on any atom is -0.339 e. The Balaban J connectivity index is 2.30. The van der Waals surface area contributed by atoms with Crippen LogP contribution in [0.2, 0.25) is 0 Å². The minimum absolute atomic E-state index is 0.0399. The van der Waals surface area contributed by atoms with E-state index in [1.165, 1.54) is 6.07 Å². The molecule has 0 saturated carbocycles. The van der Waals surface area contributed by atoms with E-state index in [2.05, 4.69) is 12.3 Å². The number of halogens is 3. The molecule has 116 valence electrons. The zero-order chi connectivity index (χ0) is 15.6. The fourth-order valence-electron chi connectivity index (χ4n) is 2.41. The Morgan fingerprint density at radius 1 is 1.33 bits per heavy atom. The summed E-state index contributed by atoms with van der Waals surface area (Å²) in [5.41, 5.74) is 1.60. The highest BCUT2D eigenvalue weighted by Gasteiger charge is 2.32. The molecule has 21 heavy (non-hydrogen) atoms. The number of carbonyl (C=O) groups is 1. The summed E-state index contributed by atoms with van der Waals surface area (Å²) < 4.78 is 38.4. The third-order valence-corrected chi connectivity index (χ3v) is 3.80. The number of nitrogens with one attached hydrogen (secondary N) is 1. The molecular formula is C14H18F3N3O. The number of carbonyl (C=O) groups excluding carboxylic acids is 1. The van der Waals surface area contributed by atoms with Gasteiger partial charge in [-0.15, -0.1) is 0 Å². The largest absolute Gasteiger partial charge is 0.416 e. The van der Waals surface area contributed by atoms with Crippen molar-refractivity contribution in [2.45, 2.75) is 25.9 Å². The lowest BCUT2D eigenvalue weighted by Gasteiger charge is -2.31. The normalized spacial score (nSPS) is 16.9. The van der Waals surface area contributed by atoms with Gasteiger partial charge in [0.1, 0.15) is 0 Å². The lowest BCUT2D eigenvalue weighted by Crippen LogP contribution is -2.38. The lowest BCUT2D eigenvalue weighted by atomic mass is 9.98. The van der Waals surface area contributed by atoms with Gasteiger partial charge in [-0.1, -0.05) is 6.92 Å². The van der Waals surface area contributed by atoms with Gasteiger partial charge in [0.05, 0.1) is 16.8 Å². The number of rotatable bonds is 2. The molecule has 0 aromatic heterocycles. The van der Waals surface area contributed by atoms with E-state index in [4.69, 9.17) is 5.84 Å². The number of alkyl halides is 3. The highest BCUT2D eigenvalue weighted by Crippen LogP contribution is 2.32. The Morgan fingerprint density at radius 3 is 2.48 bits per heavy atom. The second-order valence-electron chi connectivity index (χ2n) is 5.38. The van der Waals surface area contributed by atoms with Gasteiger partial charge in [0, 0.05) is 13.1 Å². The number of piperidine rings is 1. The van der Waals surface area contributed by atoms with Crippen molar-refractivity contribution in [1.82, 2.24) is 4.90 Å². The molecule has 1 heterocycles. The zero-order valence-electron chi connectivity index (χ0n) is 11.7. The maximum atomic E-state index is 12.8. The summed E-state index contributed by atoms with van der Waals surface area (Å²) >= 11 is 0. The van der Waals surface area contributed by atoms with Gasteiger partial charge in [0.2, 0.25) is 0 Å². The summed E-state index contributed by atoms with van der Waals surface area (Å²) in [7, 11) is 0. The SMILES string of the molecule is CC1CCN(C(=O)c2cc(C(F)(F)F)ccc2NN)CC1. The van der Waals surface area contributed by atoms with Crippen LogP contribution in [-0.4, -0.2) is 23.9 Å². The van der Waals surface area contributed by atoms with Gasteiger partial charge in [-0.3, -0.25) is 10.6 Å². The van der Waals surface area contributed by atoms with Crippen LogP contribution in [0.4, 0.5) is 18.9 Å². The zero-order valence-corrected chi connectivity index (χ0v) is 11.7. The molecule has 0 bridgehead atoms. The van der Waals surface area contributed by atoms with E-state index in [0.29, 0.717) is 19.0 Å². The second-order valence-corrected chi connectivity index (χ2v) is 5.38. The Morgan fingerprint density at radius 2 is 1.95 bits per heavy atom. The summed E-state index contributed by atoms with van der Waals surface area (Å²) in [5.74, 6) is 5.41. The molecule has 1 amide bonds. The molecule has 2 rings (SSSR count). The first-order valence-electron chi connectivity index (χ1n) is 6.80. The molecule has 1 aliphatic heterocycles. The van der Waals surface area contributed by atoms with Crippen molar-refractivity contribution in [2.24, 2.45) is 11.8 Å². The molecule has 1 aromatic rings. The summed E-state index contributed by atoms with van der Waals surface area (Å²) in [4.78, 5) is 14.0. The molecule has 1 aliphatic rings. The van der Waals surface area contributed by atoms with Crippen LogP contribution in [0, 0.1) is 5.92 Å². The lowest BCUT2D eigenvalue weighted by molar-refractivity contribution is -0.137. The van der Waals surface area contributed by atoms with Gasteiger partial charge in [-0.2, -0.15) is 13.2 Å². The maximum Gasteiger partial charge on any atom is 0.416 e. The number of amides is 1. The second kappa shape index (κ2) is 5.93. The number of nitrogen functional groups attached to an aromatic ring is 1. The number of benzene rings is 1. The van der Waals surface area contributed by atoms with Crippen molar-refractivity contribution in [3.63, 3.8) is 0 Å². The van der Waals surface area contributed by atoms with Gasteiger partial charge in [-0.25, -0.2) is 0 Å². The number of hydrogen-bond acceptors (Lipinski definition) is 3. The molecule has 4 nitrogen and oxygen atoms in total. The molecule has 1 fully saturated rings. The molecule has 1 aromatic carbocycles. The standard InChI is InChI=1S/C14H18F3N3O/c1-9-4-6-20(7-5-9)13(21)11-8-10(14(15,16)17)2-3-12(11)19-18/h2-3,8-9,19H,4-7,18H2,1H3. The van der Waals surface area contributed by atoms with Crippen molar-refractivity contribution in [3.05, 3.63) is 29.3 Å². The highest BCUT2D eigenvalue weighted by molar-refractivity contribution is 5.99. The maximum absolute atomic E-state index is 12.8. The number of nitrogens with zero attached hydrogens (tertiary/aromatic N) is 1. The van der Waals surface area contributed by atoms with Crippen LogP contribution in [0.3, 0.4) is 0 Å². The molecule has 0 spiro atoms. The van der Waals surface area contributed by atoms with Gasteiger partial charge in [0.15, 0.2) is 0 Å². The Kier molecular flexibility index (Phi) is 4.41. The predicted molar refractivity (Wildman–Crippen MR) is 73.6 cm³/mol. The van der Waals surface area contributed by atoms with Crippen molar-refractivity contribution >= 4 is 11.6 Å². The molecule has 0 unspecified atom stereocenters. The number of likely N-dealkylation sites (tertiary alicyclic amines) is 1. The number of anilines is 1. The van der Waals surface area contributed by atoms with Crippen LogP contribution >= 0.6 is 0 Å². The number of hydrazine groups is 1. The van der Waals surface area contributed by atoms with E-state index < -0.39 is 17.6 Å². The molecular weight excluding hydrogens is 283 g/mol. The minimum atomic E-state index is -4.49. The van der Waals surface area contributed by atoms with E-state index in [1.807, 2.05) is 0 Å². The summed E-state index contributed by atoms with van der Waals surface area (Å²) in [6, 6.07) is 2.95. The Labute approximate surface area is 121 Å². The third kappa shape index (κ3) is 3.47. The first kappa shape index (κ1) is 15.6. The Bertz CT molecular complexity index is 523. The highest BCUT2D eigenvalue weighted by atomic mass is 19.4. The molecule has 0 aliphatic carbocycles. The predicted octanol–water partition coefficient (Wildman–Crippen LogP) is 2.86. The van der Waals surface area contributed by atoms with E-state index in [9.17, 15) is 18.0 Å². The topological polar surface area (TPSA) is 58.4 Å². The fraction of sp³-hybridized carbons (Fsp3) is 0.500. The van der Waals surface area contributed by atoms with Gasteiger partial charge >= 0.3 is 6.18 Å². The van der Waals surface area contributed by atoms with E-state index in [1.54, 1.807) is 4.90 Å². The van der Waals surface area contributed by atoms with Crippen LogP contribution in [0.5, 0.6) is 0 Å². The summed E-state index contributed by atoms with van der Waals surface area (Å²) in [6.07, 6.45) is -2.77. The van der Waals surface area contributed by atoms with Gasteiger partial charge in [-0.05, 0) is 37.0 Å². The van der Waals surface area contributed by atoms with Gasteiger partial charge in [0.25, 0.3) is 5.91 Å². The van der Waals surface area contributed by atoms with E-state index >= 15 is 0 Å². The summed E-state index contributed by atoms with van der Waals surface area (Å²) in [6.45, 7) is 3.21. The average molecular weight is 301 g/mol. The van der Waals surface area contributed by atoms with E-state index in [0.717, 1.165) is 25.0 Å². The van der Waals surface area contributed by atoms with Crippen LogP contribution in [0.25, 0.3) is 0 Å². The first-order valence-corrected chi connectivity index (χ1v) is 6.80. The quantitative estimate of drug-likeness (QED) is 0.652. The molecule has 0 atom stereocenters. The Hall–Kier alpha value is -1.76. The summed E-state index contributed by atoms with van der Waals surface area (Å²) in [5, 5.41) is 0.